The normalized spacial score (nSPS) is 11.4. The van der Waals surface area contributed by atoms with Crippen LogP contribution in [0.2, 0.25) is 0 Å². The molecule has 0 unspecified atom stereocenters. The minimum Gasteiger partial charge on any atom is -0.484 e. The number of nitriles is 1. The van der Waals surface area contributed by atoms with Gasteiger partial charge in [0.1, 0.15) is 12.3 Å². The summed E-state index contributed by atoms with van der Waals surface area (Å²) in [5.41, 5.74) is 0.722. The molecule has 1 aromatic carbocycles. The van der Waals surface area contributed by atoms with E-state index in [9.17, 15) is 9.90 Å². The van der Waals surface area contributed by atoms with Crippen molar-refractivity contribution in [2.24, 2.45) is 0 Å². The second kappa shape index (κ2) is 6.51. The Morgan fingerprint density at radius 1 is 1.65 bits per heavy atom. The topological polar surface area (TPSA) is 82.3 Å². The molecule has 2 N–H and O–H groups in total. The van der Waals surface area contributed by atoms with Gasteiger partial charge in [0, 0.05) is 0 Å². The molecular weight excluding hydrogens is 220 g/mol. The molecule has 0 aromatic heterocycles. The SMILES string of the molecule is C[C@@H](O)c1cccc(OCC(=O)NCC#N)c1. The minimum atomic E-state index is -0.578. The fraction of sp³-hybridized carbons (Fsp3) is 0.333. The van der Waals surface area contributed by atoms with Crippen molar-refractivity contribution in [3.05, 3.63) is 29.8 Å². The molecule has 0 aliphatic rings. The molecule has 17 heavy (non-hydrogen) atoms. The molecule has 0 aliphatic heterocycles. The summed E-state index contributed by atoms with van der Waals surface area (Å²) < 4.78 is 5.22. The number of aliphatic hydroxyl groups excluding tert-OH is 1. The Bertz CT molecular complexity index is 424. The summed E-state index contributed by atoms with van der Waals surface area (Å²) in [5, 5.41) is 20.0. The predicted octanol–water partition coefficient (Wildman–Crippen LogP) is 0.758. The van der Waals surface area contributed by atoms with E-state index in [1.165, 1.54) is 0 Å². The highest BCUT2D eigenvalue weighted by Gasteiger charge is 2.04. The second-order valence-corrected chi connectivity index (χ2v) is 3.47. The van der Waals surface area contributed by atoms with Crippen LogP contribution in [-0.4, -0.2) is 24.2 Å². The highest BCUT2D eigenvalue weighted by molar-refractivity contribution is 5.77. The molecule has 1 atom stereocenters. The predicted molar refractivity (Wildman–Crippen MR) is 61.2 cm³/mol. The van der Waals surface area contributed by atoms with Crippen LogP contribution in [0.5, 0.6) is 5.75 Å². The Kier molecular flexibility index (Phi) is 4.98. The van der Waals surface area contributed by atoms with E-state index in [0.717, 1.165) is 5.56 Å². The molecule has 90 valence electrons. The quantitative estimate of drug-likeness (QED) is 0.737. The molecule has 1 amide bonds. The van der Waals surface area contributed by atoms with Gasteiger partial charge in [-0.3, -0.25) is 4.79 Å². The number of rotatable bonds is 5. The van der Waals surface area contributed by atoms with Crippen molar-refractivity contribution in [3.63, 3.8) is 0 Å². The van der Waals surface area contributed by atoms with E-state index in [-0.39, 0.29) is 19.1 Å². The van der Waals surface area contributed by atoms with E-state index in [4.69, 9.17) is 10.00 Å². The molecule has 5 heteroatoms. The summed E-state index contributed by atoms with van der Waals surface area (Å²) in [7, 11) is 0. The molecule has 0 saturated carbocycles. The van der Waals surface area contributed by atoms with E-state index in [2.05, 4.69) is 5.32 Å². The van der Waals surface area contributed by atoms with E-state index < -0.39 is 6.10 Å². The number of nitrogens with one attached hydrogen (secondary N) is 1. The van der Waals surface area contributed by atoms with E-state index in [1.807, 2.05) is 0 Å². The van der Waals surface area contributed by atoms with Crippen LogP contribution >= 0.6 is 0 Å². The Morgan fingerprint density at radius 3 is 3.06 bits per heavy atom. The van der Waals surface area contributed by atoms with Crippen molar-refractivity contribution < 1.29 is 14.6 Å². The Balaban J connectivity index is 2.49. The standard InChI is InChI=1S/C12H14N2O3/c1-9(15)10-3-2-4-11(7-10)17-8-12(16)14-6-5-13/h2-4,7,9,15H,6,8H2,1H3,(H,14,16)/t9-/m1/s1. The van der Waals surface area contributed by atoms with Gasteiger partial charge in [0.25, 0.3) is 5.91 Å². The fourth-order valence-electron chi connectivity index (χ4n) is 1.20. The lowest BCUT2D eigenvalue weighted by atomic mass is 10.1. The first-order valence-corrected chi connectivity index (χ1v) is 5.18. The smallest absolute Gasteiger partial charge is 0.258 e. The zero-order chi connectivity index (χ0) is 12.7. The maximum Gasteiger partial charge on any atom is 0.258 e. The van der Waals surface area contributed by atoms with Gasteiger partial charge in [-0.05, 0) is 24.6 Å². The molecular formula is C12H14N2O3. The van der Waals surface area contributed by atoms with E-state index in [0.29, 0.717) is 5.75 Å². The summed E-state index contributed by atoms with van der Waals surface area (Å²) in [4.78, 5) is 11.2. The van der Waals surface area contributed by atoms with Gasteiger partial charge in [-0.1, -0.05) is 12.1 Å². The molecule has 0 radical (unpaired) electrons. The van der Waals surface area contributed by atoms with Gasteiger partial charge in [-0.2, -0.15) is 5.26 Å². The number of nitrogens with zero attached hydrogens (tertiary/aromatic N) is 1. The molecule has 0 heterocycles. The molecule has 0 spiro atoms. The zero-order valence-electron chi connectivity index (χ0n) is 9.51. The van der Waals surface area contributed by atoms with Crippen molar-refractivity contribution >= 4 is 5.91 Å². The van der Waals surface area contributed by atoms with Gasteiger partial charge in [0.15, 0.2) is 6.61 Å². The van der Waals surface area contributed by atoms with Crippen LogP contribution in [0.4, 0.5) is 0 Å². The van der Waals surface area contributed by atoms with Crippen LogP contribution in [-0.2, 0) is 4.79 Å². The molecule has 0 fully saturated rings. The fourth-order valence-corrected chi connectivity index (χ4v) is 1.20. The van der Waals surface area contributed by atoms with Crippen molar-refractivity contribution in [1.82, 2.24) is 5.32 Å². The average Bonchev–Trinajstić information content (AvgIpc) is 2.34. The van der Waals surface area contributed by atoms with Gasteiger partial charge in [0.05, 0.1) is 12.2 Å². The molecule has 0 bridgehead atoms. The number of carbonyl (C=O) groups is 1. The maximum absolute atomic E-state index is 11.2. The number of hydrogen-bond acceptors (Lipinski definition) is 4. The van der Waals surface area contributed by atoms with Crippen LogP contribution in [0.3, 0.4) is 0 Å². The summed E-state index contributed by atoms with van der Waals surface area (Å²) in [5.74, 6) is 0.157. The van der Waals surface area contributed by atoms with Crippen molar-refractivity contribution in [2.75, 3.05) is 13.2 Å². The lowest BCUT2D eigenvalue weighted by Gasteiger charge is -2.09. The highest BCUT2D eigenvalue weighted by Crippen LogP contribution is 2.18. The monoisotopic (exact) mass is 234 g/mol. The van der Waals surface area contributed by atoms with Crippen LogP contribution in [0, 0.1) is 11.3 Å². The first-order valence-electron chi connectivity index (χ1n) is 5.18. The highest BCUT2D eigenvalue weighted by atomic mass is 16.5. The van der Waals surface area contributed by atoms with Gasteiger partial charge >= 0.3 is 0 Å². The first-order chi connectivity index (χ1) is 8.13. The van der Waals surface area contributed by atoms with Gasteiger partial charge in [-0.15, -0.1) is 0 Å². The van der Waals surface area contributed by atoms with E-state index in [1.54, 1.807) is 37.3 Å². The minimum absolute atomic E-state index is 0.0318. The third-order valence-corrected chi connectivity index (χ3v) is 2.08. The summed E-state index contributed by atoms with van der Waals surface area (Å²) >= 11 is 0. The lowest BCUT2D eigenvalue weighted by molar-refractivity contribution is -0.122. The molecule has 1 rings (SSSR count). The lowest BCUT2D eigenvalue weighted by Crippen LogP contribution is -2.29. The maximum atomic E-state index is 11.2. The number of aliphatic hydroxyl groups is 1. The first kappa shape index (κ1) is 13.0. The summed E-state index contributed by atoms with van der Waals surface area (Å²) in [6.45, 7) is 1.47. The van der Waals surface area contributed by atoms with Crippen molar-refractivity contribution in [1.29, 1.82) is 5.26 Å². The Hall–Kier alpha value is -2.06. The molecule has 1 aromatic rings. The number of hydrogen-bond donors (Lipinski definition) is 2. The Morgan fingerprint density at radius 2 is 2.41 bits per heavy atom. The van der Waals surface area contributed by atoms with Crippen molar-refractivity contribution in [3.8, 4) is 11.8 Å². The third-order valence-electron chi connectivity index (χ3n) is 2.08. The van der Waals surface area contributed by atoms with Crippen molar-refractivity contribution in [2.45, 2.75) is 13.0 Å². The number of ether oxygens (including phenoxy) is 1. The van der Waals surface area contributed by atoms with E-state index >= 15 is 0 Å². The third kappa shape index (κ3) is 4.53. The van der Waals surface area contributed by atoms with Crippen LogP contribution in [0.15, 0.2) is 24.3 Å². The average molecular weight is 234 g/mol. The van der Waals surface area contributed by atoms with Gasteiger partial charge < -0.3 is 15.2 Å². The van der Waals surface area contributed by atoms with Crippen LogP contribution < -0.4 is 10.1 Å². The number of amides is 1. The van der Waals surface area contributed by atoms with Crippen LogP contribution in [0.1, 0.15) is 18.6 Å². The molecule has 0 saturated heterocycles. The Labute approximate surface area is 99.6 Å². The summed E-state index contributed by atoms with van der Waals surface area (Å²) in [6.07, 6.45) is -0.578. The largest absolute Gasteiger partial charge is 0.484 e. The van der Waals surface area contributed by atoms with Crippen LogP contribution in [0.25, 0.3) is 0 Å². The van der Waals surface area contributed by atoms with Gasteiger partial charge in [-0.25, -0.2) is 0 Å². The molecule has 0 aliphatic carbocycles. The number of carbonyl (C=O) groups excluding carboxylic acids is 1. The van der Waals surface area contributed by atoms with Gasteiger partial charge in [0.2, 0.25) is 0 Å². The molecule has 5 nitrogen and oxygen atoms in total. The summed E-state index contributed by atoms with van der Waals surface area (Å²) in [6, 6.07) is 8.68. The second-order valence-electron chi connectivity index (χ2n) is 3.47. The zero-order valence-corrected chi connectivity index (χ0v) is 9.51. The number of benzene rings is 1.